The zero-order valence-corrected chi connectivity index (χ0v) is 15.8. The van der Waals surface area contributed by atoms with Crippen molar-refractivity contribution in [3.8, 4) is 0 Å². The predicted molar refractivity (Wildman–Crippen MR) is 91.5 cm³/mol. The number of halogens is 1. The Labute approximate surface area is 141 Å². The average molecular weight is 391 g/mol. The van der Waals surface area contributed by atoms with E-state index in [1.807, 2.05) is 13.8 Å². The Hall–Kier alpha value is -0.920. The van der Waals surface area contributed by atoms with Gasteiger partial charge in [-0.05, 0) is 47.5 Å². The van der Waals surface area contributed by atoms with Gasteiger partial charge in [-0.1, -0.05) is 20.8 Å². The van der Waals surface area contributed by atoms with Crippen molar-refractivity contribution < 1.29 is 13.2 Å². The SMILES string of the molecule is CC[C@@H](C)NC(=O)c1cc(S(=O)(=O)N(CC)CC)ccc1Br. The van der Waals surface area contributed by atoms with E-state index in [1.54, 1.807) is 19.9 Å². The van der Waals surface area contributed by atoms with Crippen LogP contribution in [0.3, 0.4) is 0 Å². The van der Waals surface area contributed by atoms with Crippen LogP contribution in [-0.2, 0) is 10.0 Å². The maximum atomic E-state index is 12.5. The van der Waals surface area contributed by atoms with Crippen LogP contribution in [0.25, 0.3) is 0 Å². The Morgan fingerprint density at radius 3 is 2.36 bits per heavy atom. The second-order valence-corrected chi connectivity index (χ2v) is 7.81. The van der Waals surface area contributed by atoms with Gasteiger partial charge in [0.25, 0.3) is 5.91 Å². The molecule has 124 valence electrons. The molecule has 1 amide bonds. The first kappa shape index (κ1) is 19.1. The topological polar surface area (TPSA) is 66.5 Å². The molecule has 22 heavy (non-hydrogen) atoms. The summed E-state index contributed by atoms with van der Waals surface area (Å²) >= 11 is 3.31. The fourth-order valence-electron chi connectivity index (χ4n) is 1.96. The number of benzene rings is 1. The Bertz CT molecular complexity index is 628. The van der Waals surface area contributed by atoms with Crippen molar-refractivity contribution in [2.75, 3.05) is 13.1 Å². The van der Waals surface area contributed by atoms with E-state index in [0.29, 0.717) is 23.1 Å². The standard InChI is InChI=1S/C15H23BrN2O3S/c1-5-11(4)17-15(19)13-10-12(8-9-14(13)16)22(20,21)18(6-2)7-3/h8-11H,5-7H2,1-4H3,(H,17,19)/t11-/m1/s1. The Balaban J connectivity index is 3.22. The second-order valence-electron chi connectivity index (χ2n) is 5.01. The molecule has 1 aromatic rings. The highest BCUT2D eigenvalue weighted by molar-refractivity contribution is 9.10. The van der Waals surface area contributed by atoms with E-state index in [4.69, 9.17) is 0 Å². The summed E-state index contributed by atoms with van der Waals surface area (Å²) in [6, 6.07) is 4.57. The number of hydrogen-bond donors (Lipinski definition) is 1. The fourth-order valence-corrected chi connectivity index (χ4v) is 3.87. The molecule has 1 rings (SSSR count). The molecule has 1 atom stereocenters. The van der Waals surface area contributed by atoms with Crippen LogP contribution in [-0.4, -0.2) is 37.8 Å². The summed E-state index contributed by atoms with van der Waals surface area (Å²) in [5, 5.41) is 2.85. The van der Waals surface area contributed by atoms with Gasteiger partial charge in [0, 0.05) is 23.6 Å². The molecule has 0 aromatic heterocycles. The summed E-state index contributed by atoms with van der Waals surface area (Å²) in [5.41, 5.74) is 0.327. The summed E-state index contributed by atoms with van der Waals surface area (Å²) < 4.78 is 27.0. The van der Waals surface area contributed by atoms with Crippen molar-refractivity contribution in [2.45, 2.75) is 45.1 Å². The molecular weight excluding hydrogens is 368 g/mol. The summed E-state index contributed by atoms with van der Waals surface area (Å²) in [6.45, 7) is 8.24. The minimum absolute atomic E-state index is 0.0300. The quantitative estimate of drug-likeness (QED) is 0.777. The minimum Gasteiger partial charge on any atom is -0.350 e. The van der Waals surface area contributed by atoms with Gasteiger partial charge in [0.2, 0.25) is 10.0 Å². The second kappa shape index (κ2) is 8.08. The third-order valence-electron chi connectivity index (χ3n) is 3.52. The van der Waals surface area contributed by atoms with E-state index in [-0.39, 0.29) is 16.8 Å². The molecule has 0 fully saturated rings. The van der Waals surface area contributed by atoms with Crippen LogP contribution in [0.15, 0.2) is 27.6 Å². The van der Waals surface area contributed by atoms with Crippen LogP contribution in [0.1, 0.15) is 44.5 Å². The number of nitrogens with one attached hydrogen (secondary N) is 1. The van der Waals surface area contributed by atoms with Gasteiger partial charge in [-0.2, -0.15) is 4.31 Å². The molecule has 0 aliphatic rings. The number of amides is 1. The molecule has 0 bridgehead atoms. The van der Waals surface area contributed by atoms with Crippen molar-refractivity contribution in [1.29, 1.82) is 0 Å². The summed E-state index contributed by atoms with van der Waals surface area (Å²) in [7, 11) is -3.58. The number of carbonyl (C=O) groups excluding carboxylic acids is 1. The molecule has 1 aromatic carbocycles. The Morgan fingerprint density at radius 2 is 1.86 bits per heavy atom. The lowest BCUT2D eigenvalue weighted by atomic mass is 10.2. The number of hydrogen-bond acceptors (Lipinski definition) is 3. The lowest BCUT2D eigenvalue weighted by Crippen LogP contribution is -2.33. The molecule has 7 heteroatoms. The van der Waals surface area contributed by atoms with Crippen molar-refractivity contribution in [1.82, 2.24) is 9.62 Å². The largest absolute Gasteiger partial charge is 0.350 e. The molecule has 5 nitrogen and oxygen atoms in total. The first-order valence-electron chi connectivity index (χ1n) is 7.38. The molecule has 0 unspecified atom stereocenters. The normalized spacial score (nSPS) is 13.2. The van der Waals surface area contributed by atoms with Crippen molar-refractivity contribution in [2.24, 2.45) is 0 Å². The highest BCUT2D eigenvalue weighted by Crippen LogP contribution is 2.23. The maximum Gasteiger partial charge on any atom is 0.252 e. The van der Waals surface area contributed by atoms with Crippen LogP contribution < -0.4 is 5.32 Å². The van der Waals surface area contributed by atoms with Gasteiger partial charge in [0.1, 0.15) is 0 Å². The van der Waals surface area contributed by atoms with Gasteiger partial charge in [-0.3, -0.25) is 4.79 Å². The molecule has 0 saturated carbocycles. The Kier molecular flexibility index (Phi) is 7.02. The molecule has 0 saturated heterocycles. The van der Waals surface area contributed by atoms with Crippen LogP contribution in [0, 0.1) is 0 Å². The van der Waals surface area contributed by atoms with Gasteiger partial charge in [0.15, 0.2) is 0 Å². The van der Waals surface area contributed by atoms with Crippen molar-refractivity contribution in [3.63, 3.8) is 0 Å². The molecule has 0 heterocycles. The molecular formula is C15H23BrN2O3S. The van der Waals surface area contributed by atoms with E-state index in [9.17, 15) is 13.2 Å². The number of sulfonamides is 1. The lowest BCUT2D eigenvalue weighted by Gasteiger charge is -2.19. The van der Waals surface area contributed by atoms with Crippen LogP contribution in [0.2, 0.25) is 0 Å². The minimum atomic E-state index is -3.58. The van der Waals surface area contributed by atoms with Crippen molar-refractivity contribution in [3.05, 3.63) is 28.2 Å². The highest BCUT2D eigenvalue weighted by atomic mass is 79.9. The molecule has 0 aliphatic heterocycles. The van der Waals surface area contributed by atoms with Crippen LogP contribution in [0.4, 0.5) is 0 Å². The third-order valence-corrected chi connectivity index (χ3v) is 6.25. The van der Waals surface area contributed by atoms with Gasteiger partial charge in [-0.25, -0.2) is 8.42 Å². The van der Waals surface area contributed by atoms with E-state index in [1.165, 1.54) is 16.4 Å². The highest BCUT2D eigenvalue weighted by Gasteiger charge is 2.23. The maximum absolute atomic E-state index is 12.5. The fraction of sp³-hybridized carbons (Fsp3) is 0.533. The average Bonchev–Trinajstić information content (AvgIpc) is 2.48. The number of carbonyl (C=O) groups is 1. The monoisotopic (exact) mass is 390 g/mol. The smallest absolute Gasteiger partial charge is 0.252 e. The van der Waals surface area contributed by atoms with Gasteiger partial charge >= 0.3 is 0 Å². The molecule has 0 aliphatic carbocycles. The van der Waals surface area contributed by atoms with Gasteiger partial charge < -0.3 is 5.32 Å². The summed E-state index contributed by atoms with van der Waals surface area (Å²) in [4.78, 5) is 12.4. The first-order chi connectivity index (χ1) is 10.3. The number of rotatable bonds is 7. The van der Waals surface area contributed by atoms with E-state index >= 15 is 0 Å². The molecule has 0 spiro atoms. The third kappa shape index (κ3) is 4.30. The lowest BCUT2D eigenvalue weighted by molar-refractivity contribution is 0.0938. The van der Waals surface area contributed by atoms with E-state index < -0.39 is 10.0 Å². The summed E-state index contributed by atoms with van der Waals surface area (Å²) in [6.07, 6.45) is 0.806. The zero-order chi connectivity index (χ0) is 16.9. The number of nitrogens with zero attached hydrogens (tertiary/aromatic N) is 1. The van der Waals surface area contributed by atoms with Gasteiger partial charge in [0.05, 0.1) is 10.5 Å². The molecule has 1 N–H and O–H groups in total. The summed E-state index contributed by atoms with van der Waals surface area (Å²) in [5.74, 6) is -0.280. The predicted octanol–water partition coefficient (Wildman–Crippen LogP) is 3.01. The Morgan fingerprint density at radius 1 is 1.27 bits per heavy atom. The molecule has 0 radical (unpaired) electrons. The van der Waals surface area contributed by atoms with Crippen LogP contribution >= 0.6 is 15.9 Å². The zero-order valence-electron chi connectivity index (χ0n) is 13.4. The van der Waals surface area contributed by atoms with Gasteiger partial charge in [-0.15, -0.1) is 0 Å². The van der Waals surface area contributed by atoms with Crippen molar-refractivity contribution >= 4 is 31.9 Å². The van der Waals surface area contributed by atoms with E-state index in [2.05, 4.69) is 21.2 Å². The van der Waals surface area contributed by atoms with E-state index in [0.717, 1.165) is 6.42 Å². The first-order valence-corrected chi connectivity index (χ1v) is 9.61. The van der Waals surface area contributed by atoms with Crippen LogP contribution in [0.5, 0.6) is 0 Å².